The van der Waals surface area contributed by atoms with Crippen LogP contribution < -0.4 is 5.32 Å². The van der Waals surface area contributed by atoms with Gasteiger partial charge in [0.2, 0.25) is 5.91 Å². The number of esters is 1. The van der Waals surface area contributed by atoms with E-state index in [2.05, 4.69) is 50.4 Å². The Bertz CT molecular complexity index is 828. The molecular weight excluding hydrogens is 647 g/mol. The van der Waals surface area contributed by atoms with Crippen molar-refractivity contribution in [2.24, 2.45) is 0 Å². The number of amides is 1. The van der Waals surface area contributed by atoms with Gasteiger partial charge in [0, 0.05) is 6.42 Å². The maximum absolute atomic E-state index is 13.0. The molecular formula is C46H87NO5. The van der Waals surface area contributed by atoms with Crippen LogP contribution in [-0.4, -0.2) is 46.9 Å². The Balaban J connectivity index is 4.51. The fourth-order valence-electron chi connectivity index (χ4n) is 6.83. The zero-order chi connectivity index (χ0) is 38.2. The van der Waals surface area contributed by atoms with Crippen molar-refractivity contribution >= 4 is 11.9 Å². The van der Waals surface area contributed by atoms with E-state index in [0.717, 1.165) is 70.6 Å². The van der Waals surface area contributed by atoms with Crippen LogP contribution in [0.3, 0.4) is 0 Å². The zero-order valence-corrected chi connectivity index (χ0v) is 34.7. The van der Waals surface area contributed by atoms with E-state index in [1.165, 1.54) is 116 Å². The van der Waals surface area contributed by atoms with Crippen molar-refractivity contribution in [3.8, 4) is 0 Å². The van der Waals surface area contributed by atoms with Gasteiger partial charge in [-0.15, -0.1) is 0 Å². The van der Waals surface area contributed by atoms with Gasteiger partial charge in [0.15, 0.2) is 0 Å². The minimum absolute atomic E-state index is 0.0702. The molecule has 0 aliphatic rings. The maximum Gasteiger partial charge on any atom is 0.306 e. The summed E-state index contributed by atoms with van der Waals surface area (Å²) in [6, 6.07) is -0.698. The molecule has 0 spiro atoms. The molecule has 0 aromatic heterocycles. The summed E-state index contributed by atoms with van der Waals surface area (Å²) in [6.07, 6.45) is 43.9. The third-order valence-electron chi connectivity index (χ3n) is 10.3. The van der Waals surface area contributed by atoms with Crippen LogP contribution in [0.2, 0.25) is 0 Å². The lowest BCUT2D eigenvalue weighted by atomic mass is 10.0. The molecule has 0 rings (SSSR count). The Labute approximate surface area is 322 Å². The highest BCUT2D eigenvalue weighted by Crippen LogP contribution is 2.17. The summed E-state index contributed by atoms with van der Waals surface area (Å²) in [7, 11) is 0. The second-order valence-electron chi connectivity index (χ2n) is 15.5. The van der Waals surface area contributed by atoms with Gasteiger partial charge in [0.05, 0.1) is 25.2 Å². The van der Waals surface area contributed by atoms with Gasteiger partial charge in [-0.2, -0.15) is 0 Å². The average molecular weight is 734 g/mol. The summed E-state index contributed by atoms with van der Waals surface area (Å²) in [5.74, 6) is -0.504. The van der Waals surface area contributed by atoms with Crippen molar-refractivity contribution in [2.75, 3.05) is 6.61 Å². The molecule has 3 atom stereocenters. The third-order valence-corrected chi connectivity index (χ3v) is 10.3. The fraction of sp³-hybridized carbons (Fsp3) is 0.870. The highest BCUT2D eigenvalue weighted by molar-refractivity contribution is 5.77. The topological polar surface area (TPSA) is 95.9 Å². The molecule has 0 aromatic carbocycles. The first-order valence-electron chi connectivity index (χ1n) is 22.6. The van der Waals surface area contributed by atoms with E-state index in [4.69, 9.17) is 4.74 Å². The molecule has 0 saturated heterocycles. The fourth-order valence-corrected chi connectivity index (χ4v) is 6.83. The van der Waals surface area contributed by atoms with E-state index < -0.39 is 18.2 Å². The van der Waals surface area contributed by atoms with E-state index >= 15 is 0 Å². The number of ether oxygens (including phenoxy) is 1. The van der Waals surface area contributed by atoms with Crippen molar-refractivity contribution in [1.29, 1.82) is 0 Å². The first kappa shape index (κ1) is 50.3. The number of carbonyl (C=O) groups is 2. The van der Waals surface area contributed by atoms with Gasteiger partial charge in [-0.3, -0.25) is 9.59 Å². The Hall–Kier alpha value is -1.66. The molecule has 3 unspecified atom stereocenters. The molecule has 306 valence electrons. The van der Waals surface area contributed by atoms with E-state index in [0.29, 0.717) is 19.3 Å². The standard InChI is InChI=1S/C46H87NO5/c1-4-7-10-13-16-19-20-21-22-23-24-25-27-30-33-36-39-46(51)52-42(37-34-31-28-18-15-12-9-6-3)40-45(50)47-43(41-48)44(49)38-35-32-29-26-17-14-11-8-5-2/h22-25,42-44,48-49H,4-21,26-41H2,1-3H3,(H,47,50)/b23-22+,25-24+. The molecule has 0 aliphatic heterocycles. The Morgan fingerprint density at radius 1 is 0.558 bits per heavy atom. The summed E-state index contributed by atoms with van der Waals surface area (Å²) in [4.78, 5) is 25.9. The molecule has 0 saturated carbocycles. The summed E-state index contributed by atoms with van der Waals surface area (Å²) in [5, 5.41) is 23.5. The van der Waals surface area contributed by atoms with Crippen LogP contribution in [-0.2, 0) is 14.3 Å². The molecule has 0 fully saturated rings. The number of rotatable bonds is 40. The highest BCUT2D eigenvalue weighted by atomic mass is 16.5. The van der Waals surface area contributed by atoms with Crippen molar-refractivity contribution in [3.05, 3.63) is 24.3 Å². The highest BCUT2D eigenvalue weighted by Gasteiger charge is 2.24. The monoisotopic (exact) mass is 734 g/mol. The zero-order valence-electron chi connectivity index (χ0n) is 34.7. The van der Waals surface area contributed by atoms with Gasteiger partial charge in [-0.05, 0) is 51.4 Å². The minimum atomic E-state index is -0.784. The Morgan fingerprint density at radius 3 is 1.42 bits per heavy atom. The lowest BCUT2D eigenvalue weighted by Crippen LogP contribution is -2.46. The third kappa shape index (κ3) is 35.4. The predicted octanol–water partition coefficient (Wildman–Crippen LogP) is 12.8. The number of hydrogen-bond acceptors (Lipinski definition) is 5. The first-order chi connectivity index (χ1) is 25.5. The van der Waals surface area contributed by atoms with Crippen molar-refractivity contribution in [2.45, 2.75) is 251 Å². The Kier molecular flexibility index (Phi) is 39.2. The molecule has 6 nitrogen and oxygen atoms in total. The lowest BCUT2D eigenvalue weighted by Gasteiger charge is -2.24. The molecule has 3 N–H and O–H groups in total. The smallest absolute Gasteiger partial charge is 0.306 e. The van der Waals surface area contributed by atoms with Crippen LogP contribution in [0.5, 0.6) is 0 Å². The van der Waals surface area contributed by atoms with Gasteiger partial charge in [0.25, 0.3) is 0 Å². The van der Waals surface area contributed by atoms with Gasteiger partial charge < -0.3 is 20.3 Å². The van der Waals surface area contributed by atoms with Crippen molar-refractivity contribution in [1.82, 2.24) is 5.32 Å². The van der Waals surface area contributed by atoms with Gasteiger partial charge in [-0.25, -0.2) is 0 Å². The summed E-state index contributed by atoms with van der Waals surface area (Å²) < 4.78 is 5.87. The summed E-state index contributed by atoms with van der Waals surface area (Å²) in [6.45, 7) is 6.42. The van der Waals surface area contributed by atoms with Crippen LogP contribution in [0.15, 0.2) is 24.3 Å². The van der Waals surface area contributed by atoms with E-state index in [9.17, 15) is 19.8 Å². The van der Waals surface area contributed by atoms with Crippen LogP contribution in [0.25, 0.3) is 0 Å². The molecule has 6 heteroatoms. The number of nitrogens with one attached hydrogen (secondary N) is 1. The van der Waals surface area contributed by atoms with Gasteiger partial charge in [-0.1, -0.05) is 193 Å². The molecule has 0 radical (unpaired) electrons. The van der Waals surface area contributed by atoms with Crippen molar-refractivity contribution < 1.29 is 24.5 Å². The SMILES string of the molecule is CCCCCCCCC/C=C/C=C/CCCCCC(=O)OC(CCCCCCCCCC)CC(=O)NC(CO)C(O)CCCCCCCCCCC. The van der Waals surface area contributed by atoms with Crippen LogP contribution in [0, 0.1) is 0 Å². The van der Waals surface area contributed by atoms with Crippen LogP contribution in [0.1, 0.15) is 233 Å². The van der Waals surface area contributed by atoms with Gasteiger partial charge >= 0.3 is 5.97 Å². The predicted molar refractivity (Wildman–Crippen MR) is 223 cm³/mol. The number of unbranched alkanes of at least 4 members (excludes halogenated alkanes) is 25. The van der Waals surface area contributed by atoms with E-state index in [1.54, 1.807) is 0 Å². The van der Waals surface area contributed by atoms with Gasteiger partial charge in [0.1, 0.15) is 6.10 Å². The largest absolute Gasteiger partial charge is 0.462 e. The first-order valence-corrected chi connectivity index (χ1v) is 22.6. The quantitative estimate of drug-likeness (QED) is 0.0331. The number of allylic oxidation sites excluding steroid dienone is 4. The molecule has 0 aliphatic carbocycles. The number of aliphatic hydroxyl groups excluding tert-OH is 2. The lowest BCUT2D eigenvalue weighted by molar-refractivity contribution is -0.151. The molecule has 0 aromatic rings. The molecule has 0 heterocycles. The molecule has 0 bridgehead atoms. The minimum Gasteiger partial charge on any atom is -0.462 e. The number of aliphatic hydroxyl groups is 2. The normalized spacial score (nSPS) is 13.6. The molecule has 1 amide bonds. The Morgan fingerprint density at radius 2 is 0.962 bits per heavy atom. The van der Waals surface area contributed by atoms with E-state index in [1.807, 2.05) is 0 Å². The number of hydrogen-bond donors (Lipinski definition) is 3. The second-order valence-corrected chi connectivity index (χ2v) is 15.5. The average Bonchev–Trinajstić information content (AvgIpc) is 3.13. The van der Waals surface area contributed by atoms with Crippen LogP contribution in [0.4, 0.5) is 0 Å². The van der Waals surface area contributed by atoms with Crippen LogP contribution >= 0.6 is 0 Å². The second kappa shape index (κ2) is 40.5. The number of carbonyl (C=O) groups excluding carboxylic acids is 2. The molecule has 52 heavy (non-hydrogen) atoms. The maximum atomic E-state index is 13.0. The van der Waals surface area contributed by atoms with E-state index in [-0.39, 0.29) is 24.9 Å². The van der Waals surface area contributed by atoms with Crippen molar-refractivity contribution in [3.63, 3.8) is 0 Å². The summed E-state index contributed by atoms with van der Waals surface area (Å²) >= 11 is 0. The summed E-state index contributed by atoms with van der Waals surface area (Å²) in [5.41, 5.74) is 0.